The average molecular weight is 119 g/mol. The van der Waals surface area contributed by atoms with Gasteiger partial charge in [-0.3, -0.25) is 0 Å². The third-order valence-electron chi connectivity index (χ3n) is 0.577. The number of rotatable bonds is 0. The highest BCUT2D eigenvalue weighted by Gasteiger charge is 1.94. The minimum Gasteiger partial charge on any atom is -0.465 e. The van der Waals surface area contributed by atoms with E-state index in [1.54, 1.807) is 0 Å². The molecular weight excluding hydrogens is 110 g/mol. The Morgan fingerprint density at radius 2 is 1.75 bits per heavy atom. The molecule has 0 aromatic carbocycles. The van der Waals surface area contributed by atoms with Crippen LogP contribution < -0.4 is 5.73 Å². The summed E-state index contributed by atoms with van der Waals surface area (Å²) in [4.78, 5) is 8.78. The number of carbonyl (C=O) groups is 1. The van der Waals surface area contributed by atoms with Crippen LogP contribution in [0.1, 0.15) is 6.42 Å². The second kappa shape index (κ2) is 4.39. The van der Waals surface area contributed by atoms with E-state index in [1.165, 1.54) is 6.42 Å². The van der Waals surface area contributed by atoms with E-state index in [4.69, 9.17) is 14.6 Å². The Labute approximate surface area is 47.2 Å². The van der Waals surface area contributed by atoms with Crippen LogP contribution in [-0.2, 0) is 4.74 Å². The molecule has 0 radical (unpaired) electrons. The van der Waals surface area contributed by atoms with Crippen LogP contribution in [0.25, 0.3) is 0 Å². The summed E-state index contributed by atoms with van der Waals surface area (Å²) < 4.78 is 4.72. The van der Waals surface area contributed by atoms with Crippen LogP contribution in [0.4, 0.5) is 4.79 Å². The molecule has 1 heterocycles. The van der Waals surface area contributed by atoms with Crippen molar-refractivity contribution in [3.05, 3.63) is 0 Å². The minimum absolute atomic E-state index is 1.00. The molecule has 0 aliphatic carbocycles. The molecule has 0 bridgehead atoms. The molecule has 4 heteroatoms. The Morgan fingerprint density at radius 1 is 1.62 bits per heavy atom. The van der Waals surface area contributed by atoms with E-state index in [9.17, 15) is 0 Å². The Kier molecular flexibility index (Phi) is 3.97. The highest BCUT2D eigenvalue weighted by atomic mass is 16.5. The van der Waals surface area contributed by atoms with E-state index < -0.39 is 6.09 Å². The van der Waals surface area contributed by atoms with Gasteiger partial charge in [0.1, 0.15) is 0 Å². The highest BCUT2D eigenvalue weighted by molar-refractivity contribution is 5.61. The summed E-state index contributed by atoms with van der Waals surface area (Å²) in [6, 6.07) is 0. The molecular formula is C4H9NO3. The summed E-state index contributed by atoms with van der Waals surface area (Å²) >= 11 is 0. The van der Waals surface area contributed by atoms with Crippen molar-refractivity contribution >= 4 is 6.09 Å². The van der Waals surface area contributed by atoms with Crippen molar-refractivity contribution in [2.75, 3.05) is 13.2 Å². The van der Waals surface area contributed by atoms with Crippen LogP contribution in [-0.4, -0.2) is 24.4 Å². The molecule has 1 aliphatic rings. The monoisotopic (exact) mass is 119 g/mol. The third-order valence-corrected chi connectivity index (χ3v) is 0.577. The van der Waals surface area contributed by atoms with Gasteiger partial charge in [-0.15, -0.1) is 0 Å². The van der Waals surface area contributed by atoms with Crippen molar-refractivity contribution in [1.82, 2.24) is 0 Å². The topological polar surface area (TPSA) is 72.5 Å². The number of nitrogens with two attached hydrogens (primary N) is 1. The first-order chi connectivity index (χ1) is 3.73. The molecule has 0 unspecified atom stereocenters. The maximum absolute atomic E-state index is 8.78. The van der Waals surface area contributed by atoms with Crippen LogP contribution in [0.15, 0.2) is 0 Å². The molecule has 8 heavy (non-hydrogen) atoms. The molecule has 1 rings (SSSR count). The van der Waals surface area contributed by atoms with Crippen molar-refractivity contribution in [2.24, 2.45) is 5.73 Å². The summed E-state index contributed by atoms with van der Waals surface area (Å²) in [6.07, 6.45) is -0.0556. The predicted octanol–water partition coefficient (Wildman–Crippen LogP) is 0.0298. The van der Waals surface area contributed by atoms with Crippen molar-refractivity contribution in [3.63, 3.8) is 0 Å². The van der Waals surface area contributed by atoms with Crippen molar-refractivity contribution < 1.29 is 14.6 Å². The zero-order valence-corrected chi connectivity index (χ0v) is 4.46. The minimum atomic E-state index is -1.33. The fourth-order valence-electron chi connectivity index (χ4n) is 0.144. The van der Waals surface area contributed by atoms with Crippen molar-refractivity contribution in [1.29, 1.82) is 0 Å². The summed E-state index contributed by atoms with van der Waals surface area (Å²) in [5, 5.41) is 7.19. The van der Waals surface area contributed by atoms with E-state index in [0.29, 0.717) is 0 Å². The SMILES string of the molecule is C1COC1.NC(=O)O. The van der Waals surface area contributed by atoms with Crippen LogP contribution in [0.3, 0.4) is 0 Å². The van der Waals surface area contributed by atoms with Gasteiger partial charge in [0.05, 0.1) is 0 Å². The largest absolute Gasteiger partial charge is 0.465 e. The van der Waals surface area contributed by atoms with Gasteiger partial charge in [-0.2, -0.15) is 0 Å². The van der Waals surface area contributed by atoms with Gasteiger partial charge < -0.3 is 15.6 Å². The van der Waals surface area contributed by atoms with Gasteiger partial charge in [-0.1, -0.05) is 0 Å². The fourth-order valence-corrected chi connectivity index (χ4v) is 0.144. The van der Waals surface area contributed by atoms with Crippen LogP contribution in [0.5, 0.6) is 0 Å². The molecule has 0 aromatic heterocycles. The first-order valence-electron chi connectivity index (χ1n) is 2.29. The average Bonchev–Trinajstić information content (AvgIpc) is 1.19. The third kappa shape index (κ3) is 8.97. The van der Waals surface area contributed by atoms with E-state index in [0.717, 1.165) is 13.2 Å². The maximum atomic E-state index is 8.78. The summed E-state index contributed by atoms with van der Waals surface area (Å²) in [6.45, 7) is 2.00. The number of hydrogen-bond donors (Lipinski definition) is 2. The summed E-state index contributed by atoms with van der Waals surface area (Å²) in [5.74, 6) is 0. The fraction of sp³-hybridized carbons (Fsp3) is 0.750. The maximum Gasteiger partial charge on any atom is 0.402 e. The lowest BCUT2D eigenvalue weighted by molar-refractivity contribution is 0.0367. The van der Waals surface area contributed by atoms with Gasteiger partial charge in [0.2, 0.25) is 0 Å². The van der Waals surface area contributed by atoms with E-state index in [2.05, 4.69) is 5.73 Å². The smallest absolute Gasteiger partial charge is 0.402 e. The normalized spacial score (nSPS) is 15.0. The number of primary amides is 1. The van der Waals surface area contributed by atoms with Crippen LogP contribution in [0.2, 0.25) is 0 Å². The number of hydrogen-bond acceptors (Lipinski definition) is 2. The van der Waals surface area contributed by atoms with E-state index in [1.807, 2.05) is 0 Å². The number of carboxylic acid groups (broad SMARTS) is 1. The van der Waals surface area contributed by atoms with E-state index in [-0.39, 0.29) is 0 Å². The standard InChI is InChI=1S/C3H6O.CH3NO2/c1-2-4-3-1;2-1(3)4/h1-3H2;2H2,(H,3,4). The van der Waals surface area contributed by atoms with Crippen molar-refractivity contribution in [3.8, 4) is 0 Å². The molecule has 3 N–H and O–H groups in total. The van der Waals surface area contributed by atoms with Gasteiger partial charge in [0.15, 0.2) is 0 Å². The predicted molar refractivity (Wildman–Crippen MR) is 27.6 cm³/mol. The quantitative estimate of drug-likeness (QED) is 0.472. The second-order valence-corrected chi connectivity index (χ2v) is 1.30. The summed E-state index contributed by atoms with van der Waals surface area (Å²) in [5.41, 5.74) is 4.03. The second-order valence-electron chi connectivity index (χ2n) is 1.30. The number of amides is 1. The van der Waals surface area contributed by atoms with Gasteiger partial charge in [-0.25, -0.2) is 4.79 Å². The highest BCUT2D eigenvalue weighted by Crippen LogP contribution is 1.93. The zero-order chi connectivity index (χ0) is 6.41. The summed E-state index contributed by atoms with van der Waals surface area (Å²) in [7, 11) is 0. The molecule has 1 saturated heterocycles. The van der Waals surface area contributed by atoms with Crippen molar-refractivity contribution in [2.45, 2.75) is 6.42 Å². The Morgan fingerprint density at radius 3 is 1.75 bits per heavy atom. The molecule has 1 amide bonds. The molecule has 1 fully saturated rings. The molecule has 4 nitrogen and oxygen atoms in total. The van der Waals surface area contributed by atoms with E-state index >= 15 is 0 Å². The molecule has 0 aromatic rings. The molecule has 0 spiro atoms. The first-order valence-corrected chi connectivity index (χ1v) is 2.29. The van der Waals surface area contributed by atoms with Gasteiger partial charge in [0.25, 0.3) is 0 Å². The zero-order valence-electron chi connectivity index (χ0n) is 4.46. The Hall–Kier alpha value is -0.770. The van der Waals surface area contributed by atoms with Crippen LogP contribution >= 0.6 is 0 Å². The molecule has 0 saturated carbocycles. The Bertz CT molecular complexity index is 61.7. The van der Waals surface area contributed by atoms with Gasteiger partial charge >= 0.3 is 6.09 Å². The lowest BCUT2D eigenvalue weighted by Crippen LogP contribution is -2.09. The van der Waals surface area contributed by atoms with Gasteiger partial charge in [-0.05, 0) is 6.42 Å². The Balaban J connectivity index is 0.000000122. The van der Waals surface area contributed by atoms with Crippen LogP contribution in [0, 0.1) is 0 Å². The molecule has 48 valence electrons. The first kappa shape index (κ1) is 7.23. The number of ether oxygens (including phenoxy) is 1. The molecule has 0 atom stereocenters. The lowest BCUT2D eigenvalue weighted by atomic mass is 10.4. The lowest BCUT2D eigenvalue weighted by Gasteiger charge is -2.09. The van der Waals surface area contributed by atoms with Gasteiger partial charge in [0, 0.05) is 13.2 Å². The molecule has 1 aliphatic heterocycles.